The predicted molar refractivity (Wildman–Crippen MR) is 111 cm³/mol. The molecule has 0 fully saturated rings. The number of methoxy groups -OCH3 is 1. The number of urea groups is 1. The van der Waals surface area contributed by atoms with E-state index in [0.29, 0.717) is 29.6 Å². The molecule has 2 N–H and O–H groups in total. The number of hydrogen-bond donors (Lipinski definition) is 2. The minimum absolute atomic E-state index is 0.178. The fraction of sp³-hybridized carbons (Fsp3) is 0.318. The number of carbonyl (C=O) groups excluding carboxylic acids is 3. The molecule has 0 aliphatic rings. The zero-order valence-corrected chi connectivity index (χ0v) is 17.4. The van der Waals surface area contributed by atoms with E-state index in [1.807, 2.05) is 13.8 Å². The molecule has 0 saturated heterocycles. The number of imide groups is 1. The van der Waals surface area contributed by atoms with Gasteiger partial charge in [0.2, 0.25) is 6.10 Å². The summed E-state index contributed by atoms with van der Waals surface area (Å²) < 4.78 is 16.4. The lowest BCUT2D eigenvalue weighted by Crippen LogP contribution is -2.41. The summed E-state index contributed by atoms with van der Waals surface area (Å²) >= 11 is 0. The van der Waals surface area contributed by atoms with Gasteiger partial charge in [-0.15, -0.1) is 0 Å². The number of carbonyl (C=O) groups is 3. The average Bonchev–Trinajstić information content (AvgIpc) is 2.75. The van der Waals surface area contributed by atoms with Crippen LogP contribution in [0, 0.1) is 5.92 Å². The van der Waals surface area contributed by atoms with Gasteiger partial charge in [0, 0.05) is 12.6 Å². The molecular formula is C22H26N2O6. The first-order valence-electron chi connectivity index (χ1n) is 9.45. The largest absolute Gasteiger partial charge is 0.493 e. The van der Waals surface area contributed by atoms with Gasteiger partial charge in [-0.2, -0.15) is 0 Å². The van der Waals surface area contributed by atoms with E-state index in [0.717, 1.165) is 0 Å². The van der Waals surface area contributed by atoms with Gasteiger partial charge < -0.3 is 19.5 Å². The normalized spacial score (nSPS) is 11.4. The number of amides is 3. The summed E-state index contributed by atoms with van der Waals surface area (Å²) in [6.45, 7) is 4.54. The van der Waals surface area contributed by atoms with E-state index in [1.165, 1.54) is 26.3 Å². The van der Waals surface area contributed by atoms with Crippen molar-refractivity contribution < 1.29 is 28.6 Å². The van der Waals surface area contributed by atoms with Crippen molar-refractivity contribution in [1.29, 1.82) is 0 Å². The van der Waals surface area contributed by atoms with Gasteiger partial charge in [0.1, 0.15) is 0 Å². The lowest BCUT2D eigenvalue weighted by atomic mass is 10.1. The molecule has 0 saturated carbocycles. The Hall–Kier alpha value is -3.55. The molecule has 0 spiro atoms. The molecule has 1 atom stereocenters. The molecular weight excluding hydrogens is 388 g/mol. The molecule has 2 aromatic rings. The molecule has 0 radical (unpaired) electrons. The van der Waals surface area contributed by atoms with Crippen LogP contribution in [0.5, 0.6) is 11.5 Å². The molecule has 8 nitrogen and oxygen atoms in total. The van der Waals surface area contributed by atoms with Crippen molar-refractivity contribution in [2.75, 3.05) is 20.8 Å². The fourth-order valence-corrected chi connectivity index (χ4v) is 2.49. The summed E-state index contributed by atoms with van der Waals surface area (Å²) in [7, 11) is 2.84. The van der Waals surface area contributed by atoms with E-state index in [2.05, 4.69) is 10.6 Å². The molecule has 8 heteroatoms. The van der Waals surface area contributed by atoms with Gasteiger partial charge in [-0.1, -0.05) is 44.2 Å². The second kappa shape index (κ2) is 10.8. The summed E-state index contributed by atoms with van der Waals surface area (Å²) in [5.41, 5.74) is 0.605. The smallest absolute Gasteiger partial charge is 0.339 e. The van der Waals surface area contributed by atoms with Gasteiger partial charge in [0.05, 0.1) is 19.3 Å². The summed E-state index contributed by atoms with van der Waals surface area (Å²) in [6.07, 6.45) is -1.31. The minimum atomic E-state index is -1.31. The molecule has 0 unspecified atom stereocenters. The Kier molecular flexibility index (Phi) is 8.22. The first-order chi connectivity index (χ1) is 14.3. The van der Waals surface area contributed by atoms with E-state index in [9.17, 15) is 14.4 Å². The maximum atomic E-state index is 12.7. The van der Waals surface area contributed by atoms with Gasteiger partial charge in [-0.3, -0.25) is 10.1 Å². The van der Waals surface area contributed by atoms with E-state index in [1.54, 1.807) is 36.4 Å². The van der Waals surface area contributed by atoms with Gasteiger partial charge >= 0.3 is 12.0 Å². The standard InChI is InChI=1S/C22H26N2O6/c1-14(2)13-29-17-11-10-16(12-18(17)28-4)21(26)30-19(15-8-6-5-7-9-15)20(25)24-22(27)23-3/h5-12,14,19H,13H2,1-4H3,(H2,23,24,25,27)/t19-/m0/s1. The van der Waals surface area contributed by atoms with Crippen LogP contribution >= 0.6 is 0 Å². The third-order valence-electron chi connectivity index (χ3n) is 4.00. The van der Waals surface area contributed by atoms with Crippen LogP contribution in [0.3, 0.4) is 0 Å². The van der Waals surface area contributed by atoms with Crippen molar-refractivity contribution in [1.82, 2.24) is 10.6 Å². The molecule has 0 bridgehead atoms. The number of rotatable bonds is 8. The molecule has 30 heavy (non-hydrogen) atoms. The van der Waals surface area contributed by atoms with E-state index >= 15 is 0 Å². The topological polar surface area (TPSA) is 103 Å². The van der Waals surface area contributed by atoms with Gasteiger partial charge in [0.15, 0.2) is 11.5 Å². The Labute approximate surface area is 175 Å². The third kappa shape index (κ3) is 6.23. The molecule has 0 aromatic heterocycles. The summed E-state index contributed by atoms with van der Waals surface area (Å²) in [4.78, 5) is 36.8. The highest BCUT2D eigenvalue weighted by atomic mass is 16.5. The summed E-state index contributed by atoms with van der Waals surface area (Å²) in [5, 5.41) is 4.42. The van der Waals surface area contributed by atoms with E-state index in [4.69, 9.17) is 14.2 Å². The number of ether oxygens (including phenoxy) is 3. The highest BCUT2D eigenvalue weighted by Gasteiger charge is 2.27. The zero-order valence-electron chi connectivity index (χ0n) is 17.4. The molecule has 2 rings (SSSR count). The Bertz CT molecular complexity index is 882. The predicted octanol–water partition coefficient (Wildman–Crippen LogP) is 3.08. The first-order valence-corrected chi connectivity index (χ1v) is 9.45. The van der Waals surface area contributed by atoms with Crippen LogP contribution in [0.4, 0.5) is 4.79 Å². The van der Waals surface area contributed by atoms with E-state index < -0.39 is 24.0 Å². The van der Waals surface area contributed by atoms with Crippen LogP contribution in [0.1, 0.15) is 35.9 Å². The SMILES string of the molecule is CNC(=O)NC(=O)[C@@H](OC(=O)c1ccc(OCC(C)C)c(OC)c1)c1ccccc1. The van der Waals surface area contributed by atoms with Gasteiger partial charge in [-0.25, -0.2) is 9.59 Å². The Morgan fingerprint density at radius 1 is 1.00 bits per heavy atom. The van der Waals surface area contributed by atoms with E-state index in [-0.39, 0.29) is 5.56 Å². The van der Waals surface area contributed by atoms with Crippen LogP contribution in [0.15, 0.2) is 48.5 Å². The van der Waals surface area contributed by atoms with Crippen molar-refractivity contribution >= 4 is 17.9 Å². The highest BCUT2D eigenvalue weighted by Crippen LogP contribution is 2.29. The van der Waals surface area contributed by atoms with Gasteiger partial charge in [-0.05, 0) is 24.1 Å². The number of benzene rings is 2. The molecule has 0 aliphatic heterocycles. The number of nitrogens with one attached hydrogen (secondary N) is 2. The molecule has 3 amide bonds. The van der Waals surface area contributed by atoms with Crippen LogP contribution in [-0.2, 0) is 9.53 Å². The quantitative estimate of drug-likeness (QED) is 0.644. The molecule has 160 valence electrons. The van der Waals surface area contributed by atoms with Crippen molar-refractivity contribution in [2.24, 2.45) is 5.92 Å². The van der Waals surface area contributed by atoms with Crippen molar-refractivity contribution in [3.8, 4) is 11.5 Å². The van der Waals surface area contributed by atoms with Crippen molar-refractivity contribution in [3.05, 3.63) is 59.7 Å². The maximum absolute atomic E-state index is 12.7. The highest BCUT2D eigenvalue weighted by molar-refractivity contribution is 5.99. The summed E-state index contributed by atoms with van der Waals surface area (Å²) in [5.74, 6) is -0.317. The number of esters is 1. The minimum Gasteiger partial charge on any atom is -0.493 e. The lowest BCUT2D eigenvalue weighted by Gasteiger charge is -2.18. The van der Waals surface area contributed by atoms with Crippen molar-refractivity contribution in [3.63, 3.8) is 0 Å². The number of hydrogen-bond acceptors (Lipinski definition) is 6. The molecule has 0 heterocycles. The zero-order chi connectivity index (χ0) is 22.1. The van der Waals surface area contributed by atoms with Crippen LogP contribution in [-0.4, -0.2) is 38.7 Å². The fourth-order valence-electron chi connectivity index (χ4n) is 2.49. The van der Waals surface area contributed by atoms with Gasteiger partial charge in [0.25, 0.3) is 5.91 Å². The Morgan fingerprint density at radius 3 is 2.30 bits per heavy atom. The first kappa shape index (κ1) is 22.7. The monoisotopic (exact) mass is 414 g/mol. The summed E-state index contributed by atoms with van der Waals surface area (Å²) in [6, 6.07) is 12.3. The second-order valence-electron chi connectivity index (χ2n) is 6.83. The lowest BCUT2D eigenvalue weighted by molar-refractivity contribution is -0.129. The molecule has 0 aliphatic carbocycles. The Balaban J connectivity index is 2.24. The van der Waals surface area contributed by atoms with Crippen LogP contribution in [0.2, 0.25) is 0 Å². The van der Waals surface area contributed by atoms with Crippen LogP contribution in [0.25, 0.3) is 0 Å². The Morgan fingerprint density at radius 2 is 1.70 bits per heavy atom. The van der Waals surface area contributed by atoms with Crippen LogP contribution < -0.4 is 20.1 Å². The van der Waals surface area contributed by atoms with Crippen molar-refractivity contribution in [2.45, 2.75) is 20.0 Å². The average molecular weight is 414 g/mol. The second-order valence-corrected chi connectivity index (χ2v) is 6.83. The third-order valence-corrected chi connectivity index (χ3v) is 4.00. The molecule has 2 aromatic carbocycles. The maximum Gasteiger partial charge on any atom is 0.339 e.